The molecule has 2 aromatic heterocycles. The minimum absolute atomic E-state index is 0.0763. The Hall–Kier alpha value is -2.97. The van der Waals surface area contributed by atoms with Gasteiger partial charge in [0.15, 0.2) is 5.82 Å². The van der Waals surface area contributed by atoms with Gasteiger partial charge in [-0.15, -0.1) is 0 Å². The number of nitrogens with one attached hydrogen (secondary N) is 4. The van der Waals surface area contributed by atoms with Crippen LogP contribution in [0.25, 0.3) is 10.9 Å². The van der Waals surface area contributed by atoms with Crippen LogP contribution in [0.15, 0.2) is 47.7 Å². The molecular weight excluding hydrogens is 366 g/mol. The minimum Gasteiger partial charge on any atom is -0.377 e. The van der Waals surface area contributed by atoms with Crippen LogP contribution >= 0.6 is 0 Å². The normalized spacial score (nSPS) is 24.1. The van der Waals surface area contributed by atoms with Crippen LogP contribution in [0, 0.1) is 0 Å². The Morgan fingerprint density at radius 3 is 3.14 bits per heavy atom. The predicted octanol–water partition coefficient (Wildman–Crippen LogP) is 3.21. The highest BCUT2D eigenvalue weighted by Gasteiger charge is 2.31. The molecule has 4 N–H and O–H groups in total. The Morgan fingerprint density at radius 2 is 2.24 bits per heavy atom. The van der Waals surface area contributed by atoms with Crippen molar-refractivity contribution in [2.45, 2.75) is 44.4 Å². The summed E-state index contributed by atoms with van der Waals surface area (Å²) in [5.74, 6) is 2.07. The molecule has 0 spiro atoms. The number of aromatic nitrogens is 3. The molecule has 3 aromatic rings. The van der Waals surface area contributed by atoms with Crippen molar-refractivity contribution in [3.8, 4) is 0 Å². The number of aromatic amines is 1. The van der Waals surface area contributed by atoms with E-state index in [1.165, 1.54) is 10.9 Å². The van der Waals surface area contributed by atoms with Crippen LogP contribution in [-0.4, -0.2) is 39.5 Å². The number of fused-ring (bicyclic) bond motifs is 1. The van der Waals surface area contributed by atoms with Crippen LogP contribution in [0.3, 0.4) is 0 Å². The lowest BCUT2D eigenvalue weighted by Gasteiger charge is -2.15. The zero-order valence-electron chi connectivity index (χ0n) is 16.4. The number of nitrogens with zero attached hydrogens (tertiary/aromatic N) is 3. The van der Waals surface area contributed by atoms with Gasteiger partial charge in [-0.2, -0.15) is 4.98 Å². The Morgan fingerprint density at radius 1 is 1.28 bits per heavy atom. The van der Waals surface area contributed by atoms with Gasteiger partial charge in [-0.1, -0.05) is 6.07 Å². The molecule has 0 bridgehead atoms. The van der Waals surface area contributed by atoms with E-state index in [1.54, 1.807) is 6.20 Å². The van der Waals surface area contributed by atoms with E-state index in [0.29, 0.717) is 11.8 Å². The second kappa shape index (κ2) is 7.81. The van der Waals surface area contributed by atoms with Gasteiger partial charge in [0.1, 0.15) is 5.84 Å². The van der Waals surface area contributed by atoms with E-state index in [9.17, 15) is 0 Å². The van der Waals surface area contributed by atoms with Gasteiger partial charge in [0.25, 0.3) is 0 Å². The highest BCUT2D eigenvalue weighted by Crippen LogP contribution is 2.23. The smallest absolute Gasteiger partial charge is 0.225 e. The van der Waals surface area contributed by atoms with Crippen molar-refractivity contribution in [3.63, 3.8) is 0 Å². The summed E-state index contributed by atoms with van der Waals surface area (Å²) >= 11 is 0. The van der Waals surface area contributed by atoms with Gasteiger partial charge in [0.05, 0.1) is 18.2 Å². The average Bonchev–Trinajstić information content (AvgIpc) is 3.48. The number of amidine groups is 1. The third kappa shape index (κ3) is 3.94. The molecular formula is C21H25N7O. The van der Waals surface area contributed by atoms with Crippen LogP contribution in [0.2, 0.25) is 0 Å². The summed E-state index contributed by atoms with van der Waals surface area (Å²) in [5, 5.41) is 4.57. The third-order valence-electron chi connectivity index (χ3n) is 5.54. The summed E-state index contributed by atoms with van der Waals surface area (Å²) in [6.45, 7) is 2.95. The van der Waals surface area contributed by atoms with Crippen molar-refractivity contribution in [1.82, 2.24) is 25.8 Å². The fourth-order valence-corrected chi connectivity index (χ4v) is 3.94. The van der Waals surface area contributed by atoms with Gasteiger partial charge >= 0.3 is 0 Å². The summed E-state index contributed by atoms with van der Waals surface area (Å²) < 4.78 is 5.77. The summed E-state index contributed by atoms with van der Waals surface area (Å²) in [6, 6.07) is 10.6. The number of anilines is 1. The molecule has 1 aromatic carbocycles. The van der Waals surface area contributed by atoms with Gasteiger partial charge in [0, 0.05) is 37.0 Å². The molecule has 5 rings (SSSR count). The monoisotopic (exact) mass is 391 g/mol. The number of hydrogen-bond donors (Lipinski definition) is 4. The molecule has 0 amide bonds. The van der Waals surface area contributed by atoms with Crippen molar-refractivity contribution in [2.75, 3.05) is 11.9 Å². The second-order valence-corrected chi connectivity index (χ2v) is 7.62. The van der Waals surface area contributed by atoms with Gasteiger partial charge in [-0.3, -0.25) is 0 Å². The molecule has 2 aliphatic heterocycles. The van der Waals surface area contributed by atoms with Gasteiger partial charge < -0.3 is 20.5 Å². The van der Waals surface area contributed by atoms with Gasteiger partial charge in [-0.05, 0) is 48.9 Å². The Kier molecular flexibility index (Phi) is 4.87. The van der Waals surface area contributed by atoms with Crippen molar-refractivity contribution in [3.05, 3.63) is 48.3 Å². The third-order valence-corrected chi connectivity index (χ3v) is 5.54. The number of H-pyrrole nitrogens is 1. The zero-order valence-corrected chi connectivity index (χ0v) is 16.4. The second-order valence-electron chi connectivity index (χ2n) is 7.62. The lowest BCUT2D eigenvalue weighted by molar-refractivity contribution is 0.0830. The molecule has 0 saturated carbocycles. The van der Waals surface area contributed by atoms with E-state index in [-0.39, 0.29) is 18.2 Å². The molecule has 8 heteroatoms. The van der Waals surface area contributed by atoms with Crippen LogP contribution in [0.1, 0.15) is 37.8 Å². The molecule has 0 radical (unpaired) electrons. The maximum atomic E-state index is 5.77. The molecule has 2 aliphatic rings. The topological polar surface area (TPSA) is 99.2 Å². The molecule has 0 aliphatic carbocycles. The summed E-state index contributed by atoms with van der Waals surface area (Å²) in [5.41, 5.74) is 8.76. The van der Waals surface area contributed by atoms with E-state index < -0.39 is 0 Å². The Bertz CT molecular complexity index is 1020. The number of ether oxygens (including phenoxy) is 1. The van der Waals surface area contributed by atoms with Crippen LogP contribution in [-0.2, 0) is 4.74 Å². The number of hydrogen-bond acceptors (Lipinski definition) is 6. The van der Waals surface area contributed by atoms with Crippen LogP contribution in [0.4, 0.5) is 11.8 Å². The van der Waals surface area contributed by atoms with E-state index in [0.717, 1.165) is 37.2 Å². The lowest BCUT2D eigenvalue weighted by Crippen LogP contribution is -2.38. The van der Waals surface area contributed by atoms with Crippen molar-refractivity contribution >= 4 is 28.5 Å². The average molecular weight is 391 g/mol. The molecule has 150 valence electrons. The Balaban J connectivity index is 1.27. The number of hydrazine groups is 1. The number of aliphatic imine (C=N–C) groups is 1. The van der Waals surface area contributed by atoms with E-state index in [4.69, 9.17) is 4.74 Å². The maximum absolute atomic E-state index is 5.77. The largest absolute Gasteiger partial charge is 0.377 e. The number of benzene rings is 1. The first-order valence-corrected chi connectivity index (χ1v) is 10.1. The molecule has 4 heterocycles. The lowest BCUT2D eigenvalue weighted by atomic mass is 10.1. The molecule has 2 fully saturated rings. The first-order chi connectivity index (χ1) is 14.2. The SMILES string of the molecule is C[C@H](Nc1nccc(N=C2CC(C3CCCO3)NN2)n1)c1ccc2[nH]ccc2c1. The first-order valence-electron chi connectivity index (χ1n) is 10.1. The van der Waals surface area contributed by atoms with Crippen LogP contribution < -0.4 is 16.2 Å². The van der Waals surface area contributed by atoms with E-state index >= 15 is 0 Å². The van der Waals surface area contributed by atoms with Crippen molar-refractivity contribution < 1.29 is 4.74 Å². The fourth-order valence-electron chi connectivity index (χ4n) is 3.94. The number of rotatable bonds is 5. The molecule has 3 atom stereocenters. The molecule has 8 nitrogen and oxygen atoms in total. The summed E-state index contributed by atoms with van der Waals surface area (Å²) in [4.78, 5) is 16.8. The van der Waals surface area contributed by atoms with Crippen LogP contribution in [0.5, 0.6) is 0 Å². The predicted molar refractivity (Wildman–Crippen MR) is 113 cm³/mol. The van der Waals surface area contributed by atoms with Crippen molar-refractivity contribution in [2.24, 2.45) is 4.99 Å². The quantitative estimate of drug-likeness (QED) is 0.533. The zero-order chi connectivity index (χ0) is 19.6. The van der Waals surface area contributed by atoms with E-state index in [2.05, 4.69) is 67.3 Å². The first kappa shape index (κ1) is 18.1. The molecule has 2 saturated heterocycles. The minimum atomic E-state index is 0.0763. The summed E-state index contributed by atoms with van der Waals surface area (Å²) in [6.07, 6.45) is 6.98. The van der Waals surface area contributed by atoms with Crippen molar-refractivity contribution in [1.29, 1.82) is 0 Å². The van der Waals surface area contributed by atoms with Gasteiger partial charge in [-0.25, -0.2) is 15.4 Å². The maximum Gasteiger partial charge on any atom is 0.225 e. The van der Waals surface area contributed by atoms with Gasteiger partial charge in [0.2, 0.25) is 5.95 Å². The Labute approximate surface area is 169 Å². The molecule has 29 heavy (non-hydrogen) atoms. The van der Waals surface area contributed by atoms with E-state index in [1.807, 2.05) is 12.3 Å². The standard InChI is InChI=1S/C21H25N7O/c1-13(14-4-5-16-15(11-14)6-8-22-16)24-21-23-9-7-19(26-21)25-20-12-17(27-28-20)18-3-2-10-29-18/h4-9,11,13,17-18,22,27H,2-3,10,12H2,1H3,(H2,23,24,25,26,28)/t13-,17?,18?/m0/s1. The highest BCUT2D eigenvalue weighted by atomic mass is 16.5. The molecule has 2 unspecified atom stereocenters. The fraction of sp³-hybridized carbons (Fsp3) is 0.381. The highest BCUT2D eigenvalue weighted by molar-refractivity contribution is 5.86. The summed E-state index contributed by atoms with van der Waals surface area (Å²) in [7, 11) is 0.